The van der Waals surface area contributed by atoms with Crippen LogP contribution in [0.25, 0.3) is 0 Å². The summed E-state index contributed by atoms with van der Waals surface area (Å²) in [6.45, 7) is 5.00. The fraction of sp³-hybridized carbons (Fsp3) is 0.538. The molecule has 1 aromatic carbocycles. The molecular weight excluding hydrogens is 216 g/mol. The Morgan fingerprint density at radius 1 is 1.12 bits per heavy atom. The molecule has 4 heteroatoms. The number of hydrogen-bond donors (Lipinski definition) is 3. The van der Waals surface area contributed by atoms with E-state index in [2.05, 4.69) is 17.1 Å². The van der Waals surface area contributed by atoms with Gasteiger partial charge in [-0.05, 0) is 45.6 Å². The summed E-state index contributed by atoms with van der Waals surface area (Å²) in [5.74, 6) is 0.184. The van der Waals surface area contributed by atoms with Gasteiger partial charge >= 0.3 is 0 Å². The summed E-state index contributed by atoms with van der Waals surface area (Å²) in [4.78, 5) is 2.14. The number of rotatable bonds is 5. The Labute approximate surface area is 103 Å². The van der Waals surface area contributed by atoms with E-state index in [0.717, 1.165) is 12.1 Å². The summed E-state index contributed by atoms with van der Waals surface area (Å²) in [5, 5.41) is 22.2. The molecule has 0 radical (unpaired) electrons. The van der Waals surface area contributed by atoms with Gasteiger partial charge in [0.2, 0.25) is 0 Å². The second kappa shape index (κ2) is 5.89. The van der Waals surface area contributed by atoms with Crippen LogP contribution in [0.1, 0.15) is 25.5 Å². The van der Waals surface area contributed by atoms with E-state index >= 15 is 0 Å². The van der Waals surface area contributed by atoms with Crippen LogP contribution in [-0.4, -0.2) is 41.8 Å². The standard InChI is InChI=1S/C13H22N2O2/c1-9(15(3)4)8-14-10(2)11-5-12(16)7-13(17)6-11/h5-7,9-10,14,16-17H,8H2,1-4H3. The minimum Gasteiger partial charge on any atom is -0.508 e. The van der Waals surface area contributed by atoms with Crippen LogP contribution in [-0.2, 0) is 0 Å². The molecule has 1 rings (SSSR count). The molecule has 0 saturated carbocycles. The summed E-state index contributed by atoms with van der Waals surface area (Å²) in [6.07, 6.45) is 0. The topological polar surface area (TPSA) is 55.7 Å². The molecule has 96 valence electrons. The zero-order valence-electron chi connectivity index (χ0n) is 10.9. The monoisotopic (exact) mass is 238 g/mol. The van der Waals surface area contributed by atoms with Crippen LogP contribution in [0.2, 0.25) is 0 Å². The van der Waals surface area contributed by atoms with E-state index in [1.54, 1.807) is 12.1 Å². The van der Waals surface area contributed by atoms with Crippen molar-refractivity contribution in [3.8, 4) is 11.5 Å². The average molecular weight is 238 g/mol. The molecule has 0 fully saturated rings. The molecule has 1 aromatic rings. The zero-order valence-corrected chi connectivity index (χ0v) is 10.9. The first-order valence-corrected chi connectivity index (χ1v) is 5.83. The lowest BCUT2D eigenvalue weighted by Crippen LogP contribution is -2.36. The van der Waals surface area contributed by atoms with Gasteiger partial charge in [0.15, 0.2) is 0 Å². The molecule has 17 heavy (non-hydrogen) atoms. The van der Waals surface area contributed by atoms with Gasteiger partial charge in [-0.3, -0.25) is 0 Å². The molecule has 3 N–H and O–H groups in total. The van der Waals surface area contributed by atoms with Gasteiger partial charge in [0, 0.05) is 24.7 Å². The van der Waals surface area contributed by atoms with E-state index in [0.29, 0.717) is 6.04 Å². The first-order valence-electron chi connectivity index (χ1n) is 5.83. The Balaban J connectivity index is 2.60. The predicted molar refractivity (Wildman–Crippen MR) is 69.3 cm³/mol. The molecule has 0 bridgehead atoms. The third-order valence-electron chi connectivity index (χ3n) is 3.03. The normalized spacial score (nSPS) is 14.9. The Bertz CT molecular complexity index is 346. The third kappa shape index (κ3) is 4.24. The predicted octanol–water partition coefficient (Wildman–Crippen LogP) is 1.70. The molecule has 2 atom stereocenters. The summed E-state index contributed by atoms with van der Waals surface area (Å²) >= 11 is 0. The minimum atomic E-state index is 0.0920. The van der Waals surface area contributed by atoms with Crippen molar-refractivity contribution in [3.05, 3.63) is 23.8 Å². The number of likely N-dealkylation sites (N-methyl/N-ethyl adjacent to an activating group) is 1. The molecule has 0 saturated heterocycles. The van der Waals surface area contributed by atoms with Gasteiger partial charge in [0.05, 0.1) is 0 Å². The Morgan fingerprint density at radius 3 is 2.12 bits per heavy atom. The van der Waals surface area contributed by atoms with Crippen LogP contribution >= 0.6 is 0 Å². The Hall–Kier alpha value is -1.26. The highest BCUT2D eigenvalue weighted by Gasteiger charge is 2.10. The van der Waals surface area contributed by atoms with E-state index in [1.807, 2.05) is 21.0 Å². The minimum absolute atomic E-state index is 0.0920. The van der Waals surface area contributed by atoms with E-state index < -0.39 is 0 Å². The second-order valence-electron chi connectivity index (χ2n) is 4.73. The van der Waals surface area contributed by atoms with E-state index in [1.165, 1.54) is 6.07 Å². The van der Waals surface area contributed by atoms with Gasteiger partial charge in [-0.25, -0.2) is 0 Å². The van der Waals surface area contributed by atoms with Crippen LogP contribution in [0, 0.1) is 0 Å². The lowest BCUT2D eigenvalue weighted by atomic mass is 10.1. The number of benzene rings is 1. The third-order valence-corrected chi connectivity index (χ3v) is 3.03. The number of aromatic hydroxyl groups is 2. The highest BCUT2D eigenvalue weighted by Crippen LogP contribution is 2.24. The van der Waals surface area contributed by atoms with Gasteiger partial charge in [0.25, 0.3) is 0 Å². The number of hydrogen-bond acceptors (Lipinski definition) is 4. The highest BCUT2D eigenvalue weighted by atomic mass is 16.3. The average Bonchev–Trinajstić information content (AvgIpc) is 2.23. The summed E-state index contributed by atoms with van der Waals surface area (Å²) in [5.41, 5.74) is 0.883. The molecular formula is C13H22N2O2. The molecule has 0 aliphatic heterocycles. The number of phenols is 2. The molecule has 0 aromatic heterocycles. The van der Waals surface area contributed by atoms with Crippen LogP contribution < -0.4 is 5.32 Å². The molecule has 0 spiro atoms. The Morgan fingerprint density at radius 2 is 1.65 bits per heavy atom. The summed E-state index contributed by atoms with van der Waals surface area (Å²) in [6, 6.07) is 5.19. The maximum absolute atomic E-state index is 9.41. The number of phenolic OH excluding ortho intramolecular Hbond substituents is 2. The SMILES string of the molecule is CC(NCC(C)N(C)C)c1cc(O)cc(O)c1. The first-order chi connectivity index (χ1) is 7.90. The molecule has 2 unspecified atom stereocenters. The van der Waals surface area contributed by atoms with Gasteiger partial charge < -0.3 is 20.4 Å². The van der Waals surface area contributed by atoms with Gasteiger partial charge in [-0.15, -0.1) is 0 Å². The summed E-state index contributed by atoms with van der Waals surface area (Å²) in [7, 11) is 4.08. The van der Waals surface area contributed by atoms with Crippen molar-refractivity contribution in [3.63, 3.8) is 0 Å². The highest BCUT2D eigenvalue weighted by molar-refractivity contribution is 5.37. The molecule has 4 nitrogen and oxygen atoms in total. The fourth-order valence-corrected chi connectivity index (χ4v) is 1.52. The van der Waals surface area contributed by atoms with E-state index in [-0.39, 0.29) is 17.5 Å². The Kier molecular flexibility index (Phi) is 4.78. The van der Waals surface area contributed by atoms with E-state index in [4.69, 9.17) is 0 Å². The van der Waals surface area contributed by atoms with Gasteiger partial charge in [-0.2, -0.15) is 0 Å². The van der Waals surface area contributed by atoms with E-state index in [9.17, 15) is 10.2 Å². The van der Waals surface area contributed by atoms with Crippen molar-refractivity contribution in [2.45, 2.75) is 25.9 Å². The van der Waals surface area contributed by atoms with Gasteiger partial charge in [0.1, 0.15) is 11.5 Å². The second-order valence-corrected chi connectivity index (χ2v) is 4.73. The lowest BCUT2D eigenvalue weighted by molar-refractivity contribution is 0.295. The first kappa shape index (κ1) is 13.8. The molecule has 0 heterocycles. The maximum atomic E-state index is 9.41. The zero-order chi connectivity index (χ0) is 13.0. The quantitative estimate of drug-likeness (QED) is 0.731. The largest absolute Gasteiger partial charge is 0.508 e. The lowest BCUT2D eigenvalue weighted by Gasteiger charge is -2.23. The van der Waals surface area contributed by atoms with Crippen molar-refractivity contribution in [2.75, 3.05) is 20.6 Å². The molecule has 0 amide bonds. The van der Waals surface area contributed by atoms with Crippen molar-refractivity contribution < 1.29 is 10.2 Å². The smallest absolute Gasteiger partial charge is 0.119 e. The fourth-order valence-electron chi connectivity index (χ4n) is 1.52. The van der Waals surface area contributed by atoms with Crippen molar-refractivity contribution >= 4 is 0 Å². The number of nitrogens with one attached hydrogen (secondary N) is 1. The van der Waals surface area contributed by atoms with Crippen LogP contribution in [0.4, 0.5) is 0 Å². The van der Waals surface area contributed by atoms with Crippen molar-refractivity contribution in [1.29, 1.82) is 0 Å². The van der Waals surface area contributed by atoms with Crippen LogP contribution in [0.5, 0.6) is 11.5 Å². The number of nitrogens with zero attached hydrogens (tertiary/aromatic N) is 1. The summed E-state index contributed by atoms with van der Waals surface area (Å²) < 4.78 is 0. The maximum Gasteiger partial charge on any atom is 0.119 e. The van der Waals surface area contributed by atoms with Gasteiger partial charge in [-0.1, -0.05) is 0 Å². The molecule has 0 aliphatic rings. The van der Waals surface area contributed by atoms with Crippen molar-refractivity contribution in [2.24, 2.45) is 0 Å². The molecule has 0 aliphatic carbocycles. The van der Waals surface area contributed by atoms with Crippen molar-refractivity contribution in [1.82, 2.24) is 10.2 Å². The van der Waals surface area contributed by atoms with Crippen LogP contribution in [0.3, 0.4) is 0 Å². The van der Waals surface area contributed by atoms with Crippen LogP contribution in [0.15, 0.2) is 18.2 Å².